The number of hydrogen-bond donors (Lipinski definition) is 0. The molecule has 0 aliphatic rings. The highest BCUT2D eigenvalue weighted by Gasteiger charge is 2.14. The van der Waals surface area contributed by atoms with Crippen molar-refractivity contribution in [3.8, 4) is 11.8 Å². The zero-order valence-corrected chi connectivity index (χ0v) is 15.6. The van der Waals surface area contributed by atoms with E-state index < -0.39 is 0 Å². The molecule has 0 aliphatic carbocycles. The van der Waals surface area contributed by atoms with Crippen molar-refractivity contribution < 1.29 is 0 Å². The van der Waals surface area contributed by atoms with Crippen molar-refractivity contribution in [3.05, 3.63) is 88.4 Å². The average molecular weight is 387 g/mol. The summed E-state index contributed by atoms with van der Waals surface area (Å²) < 4.78 is 2.18. The maximum Gasteiger partial charge on any atom is 0.0991 e. The second-order valence-electron chi connectivity index (χ2n) is 6.52. The Morgan fingerprint density at radius 1 is 0.667 bits per heavy atom. The Balaban J connectivity index is 1.95. The van der Waals surface area contributed by atoms with Gasteiger partial charge in [0.2, 0.25) is 0 Å². The number of fused-ring (bicyclic) bond motifs is 4. The zero-order valence-electron chi connectivity index (χ0n) is 14.1. The van der Waals surface area contributed by atoms with E-state index in [4.69, 9.17) is 28.5 Å². The predicted molar refractivity (Wildman–Crippen MR) is 113 cm³/mol. The summed E-state index contributed by atoms with van der Waals surface area (Å²) in [5.41, 5.74) is 3.72. The fraction of sp³-hybridized carbons (Fsp3) is 0. The van der Waals surface area contributed by atoms with Crippen molar-refractivity contribution in [2.24, 2.45) is 0 Å². The van der Waals surface area contributed by atoms with Gasteiger partial charge in [0, 0.05) is 26.5 Å². The Hall–Kier alpha value is -2.99. The van der Waals surface area contributed by atoms with E-state index in [0.717, 1.165) is 38.3 Å². The number of hydrogen-bond acceptors (Lipinski definition) is 1. The Morgan fingerprint density at radius 2 is 1.37 bits per heavy atom. The fourth-order valence-electron chi connectivity index (χ4n) is 3.67. The molecule has 0 fully saturated rings. The van der Waals surface area contributed by atoms with Crippen molar-refractivity contribution >= 4 is 55.8 Å². The highest BCUT2D eigenvalue weighted by Crippen LogP contribution is 2.36. The molecule has 128 valence electrons. The molecule has 0 spiro atoms. The minimum absolute atomic E-state index is 0.634. The number of aromatic nitrogens is 1. The van der Waals surface area contributed by atoms with E-state index in [1.165, 1.54) is 0 Å². The summed E-state index contributed by atoms with van der Waals surface area (Å²) in [6.45, 7) is 0. The Bertz CT molecular complexity index is 1390. The molecule has 5 rings (SSSR count). The minimum atomic E-state index is 0.634. The van der Waals surface area contributed by atoms with E-state index in [1.54, 1.807) is 0 Å². The third-order valence-electron chi connectivity index (χ3n) is 4.90. The summed E-state index contributed by atoms with van der Waals surface area (Å²) in [4.78, 5) is 0. The minimum Gasteiger partial charge on any atom is -0.309 e. The molecular weight excluding hydrogens is 375 g/mol. The molecule has 0 radical (unpaired) electrons. The van der Waals surface area contributed by atoms with Crippen LogP contribution >= 0.6 is 23.2 Å². The number of nitriles is 1. The average Bonchev–Trinajstić information content (AvgIpc) is 2.98. The van der Waals surface area contributed by atoms with Gasteiger partial charge in [-0.3, -0.25) is 0 Å². The summed E-state index contributed by atoms with van der Waals surface area (Å²) >= 11 is 12.5. The quantitative estimate of drug-likeness (QED) is 0.301. The molecule has 4 aromatic carbocycles. The van der Waals surface area contributed by atoms with Crippen LogP contribution in [0.3, 0.4) is 0 Å². The lowest BCUT2D eigenvalue weighted by Gasteiger charge is -2.09. The molecule has 2 nitrogen and oxygen atoms in total. The number of nitrogens with zero attached hydrogens (tertiary/aromatic N) is 2. The van der Waals surface area contributed by atoms with Gasteiger partial charge in [-0.2, -0.15) is 5.26 Å². The molecule has 0 aliphatic heterocycles. The van der Waals surface area contributed by atoms with Crippen LogP contribution in [0.25, 0.3) is 38.3 Å². The summed E-state index contributed by atoms with van der Waals surface area (Å²) in [7, 11) is 0. The first-order chi connectivity index (χ1) is 13.1. The summed E-state index contributed by atoms with van der Waals surface area (Å²) in [5.74, 6) is 0. The van der Waals surface area contributed by atoms with E-state index in [9.17, 15) is 0 Å². The maximum atomic E-state index is 9.10. The van der Waals surface area contributed by atoms with Crippen LogP contribution in [0.5, 0.6) is 0 Å². The van der Waals surface area contributed by atoms with Gasteiger partial charge >= 0.3 is 0 Å². The maximum absolute atomic E-state index is 9.10. The third kappa shape index (κ3) is 2.56. The lowest BCUT2D eigenvalue weighted by Crippen LogP contribution is -1.94. The molecule has 27 heavy (non-hydrogen) atoms. The second kappa shape index (κ2) is 6.03. The molecule has 0 atom stereocenters. The molecule has 5 aromatic rings. The Morgan fingerprint density at radius 3 is 2.15 bits per heavy atom. The van der Waals surface area contributed by atoms with Crippen LogP contribution in [0.15, 0.2) is 72.8 Å². The fourth-order valence-corrected chi connectivity index (χ4v) is 4.01. The molecular formula is C23H12Cl2N2. The summed E-state index contributed by atoms with van der Waals surface area (Å²) in [6, 6.07) is 26.0. The van der Waals surface area contributed by atoms with Gasteiger partial charge in [-0.25, -0.2) is 0 Å². The van der Waals surface area contributed by atoms with Gasteiger partial charge in [-0.15, -0.1) is 0 Å². The van der Waals surface area contributed by atoms with Crippen LogP contribution in [-0.4, -0.2) is 4.57 Å². The molecule has 0 saturated heterocycles. The van der Waals surface area contributed by atoms with Crippen molar-refractivity contribution in [3.63, 3.8) is 0 Å². The molecule has 4 heteroatoms. The zero-order chi connectivity index (χ0) is 18.5. The van der Waals surface area contributed by atoms with Gasteiger partial charge < -0.3 is 4.57 Å². The largest absolute Gasteiger partial charge is 0.309 e. The molecule has 0 saturated carbocycles. The first kappa shape index (κ1) is 16.2. The number of rotatable bonds is 1. The summed E-state index contributed by atoms with van der Waals surface area (Å²) in [6.07, 6.45) is 0. The molecule has 0 N–H and O–H groups in total. The van der Waals surface area contributed by atoms with Gasteiger partial charge in [-0.05, 0) is 71.4 Å². The van der Waals surface area contributed by atoms with Crippen LogP contribution in [0.1, 0.15) is 5.56 Å². The van der Waals surface area contributed by atoms with Crippen molar-refractivity contribution in [1.82, 2.24) is 4.57 Å². The third-order valence-corrected chi connectivity index (χ3v) is 5.37. The first-order valence-corrected chi connectivity index (χ1v) is 9.23. The van der Waals surface area contributed by atoms with Crippen LogP contribution in [0.4, 0.5) is 0 Å². The van der Waals surface area contributed by atoms with Gasteiger partial charge in [-0.1, -0.05) is 35.3 Å². The smallest absolute Gasteiger partial charge is 0.0991 e. The van der Waals surface area contributed by atoms with Gasteiger partial charge in [0.25, 0.3) is 0 Å². The van der Waals surface area contributed by atoms with Gasteiger partial charge in [0.05, 0.1) is 22.7 Å². The van der Waals surface area contributed by atoms with Crippen LogP contribution in [-0.2, 0) is 0 Å². The monoisotopic (exact) mass is 386 g/mol. The van der Waals surface area contributed by atoms with Crippen molar-refractivity contribution in [1.29, 1.82) is 5.26 Å². The van der Waals surface area contributed by atoms with E-state index in [2.05, 4.69) is 28.8 Å². The summed E-state index contributed by atoms with van der Waals surface area (Å²) in [5, 5.41) is 15.0. The highest BCUT2D eigenvalue weighted by atomic mass is 35.5. The molecule has 0 unspecified atom stereocenters. The first-order valence-electron chi connectivity index (χ1n) is 8.47. The van der Waals surface area contributed by atoms with Gasteiger partial charge in [0.15, 0.2) is 0 Å². The SMILES string of the molecule is N#Cc1ccc(-n2c3cc(Cl)ccc3c3cc4ccc(Cl)cc4cc32)cc1. The lowest BCUT2D eigenvalue weighted by atomic mass is 10.1. The van der Waals surface area contributed by atoms with Crippen LogP contribution < -0.4 is 0 Å². The molecule has 0 bridgehead atoms. The normalized spacial score (nSPS) is 11.3. The second-order valence-corrected chi connectivity index (χ2v) is 7.39. The van der Waals surface area contributed by atoms with Crippen LogP contribution in [0, 0.1) is 11.3 Å². The highest BCUT2D eigenvalue weighted by molar-refractivity contribution is 6.32. The molecule has 1 aromatic heterocycles. The standard InChI is InChI=1S/C23H12Cl2N2/c24-17-4-3-15-10-21-20-8-5-18(25)12-23(20)27(22(21)11-16(15)9-17)19-6-1-14(13-26)2-7-19/h1-12H. The number of halogens is 2. The predicted octanol–water partition coefficient (Wildman–Crippen LogP) is 7.12. The van der Waals surface area contributed by atoms with E-state index >= 15 is 0 Å². The van der Waals surface area contributed by atoms with E-state index in [-0.39, 0.29) is 0 Å². The Labute approximate surface area is 165 Å². The van der Waals surface area contributed by atoms with Gasteiger partial charge in [0.1, 0.15) is 0 Å². The number of benzene rings is 4. The van der Waals surface area contributed by atoms with Crippen molar-refractivity contribution in [2.45, 2.75) is 0 Å². The van der Waals surface area contributed by atoms with E-state index in [1.807, 2.05) is 54.6 Å². The van der Waals surface area contributed by atoms with E-state index in [0.29, 0.717) is 15.6 Å². The Kier molecular flexibility index (Phi) is 3.62. The topological polar surface area (TPSA) is 28.7 Å². The van der Waals surface area contributed by atoms with Crippen LogP contribution in [0.2, 0.25) is 10.0 Å². The lowest BCUT2D eigenvalue weighted by molar-refractivity contribution is 1.18. The molecule has 1 heterocycles. The molecule has 0 amide bonds. The van der Waals surface area contributed by atoms with Crippen molar-refractivity contribution in [2.75, 3.05) is 0 Å².